The van der Waals surface area contributed by atoms with Crippen molar-refractivity contribution in [2.75, 3.05) is 46.7 Å². The fourth-order valence-electron chi connectivity index (χ4n) is 13.5. The predicted octanol–water partition coefficient (Wildman–Crippen LogP) is 16.4. The molecular weight excluding hydrogens is 1000 g/mol. The minimum absolute atomic E-state index is 0.262. The molecule has 0 saturated heterocycles. The molecule has 0 unspecified atom stereocenters. The van der Waals surface area contributed by atoms with Crippen LogP contribution in [0.3, 0.4) is 0 Å². The lowest BCUT2D eigenvalue weighted by molar-refractivity contribution is -0.438. The minimum atomic E-state index is -4.09. The van der Waals surface area contributed by atoms with Crippen molar-refractivity contribution in [3.8, 4) is 0 Å². The lowest BCUT2D eigenvalue weighted by Gasteiger charge is -2.28. The molecule has 7 aromatic rings. The van der Waals surface area contributed by atoms with Crippen LogP contribution in [0.1, 0.15) is 108 Å². The van der Waals surface area contributed by atoms with Gasteiger partial charge in [-0.1, -0.05) is 143 Å². The van der Waals surface area contributed by atoms with Gasteiger partial charge in [-0.3, -0.25) is 4.55 Å². The van der Waals surface area contributed by atoms with Gasteiger partial charge in [-0.05, 0) is 165 Å². The summed E-state index contributed by atoms with van der Waals surface area (Å²) in [5.74, 6) is 1.43. The average molecular weight is 1080 g/mol. The molecule has 4 aliphatic rings. The second-order valence-corrected chi connectivity index (χ2v) is 25.4. The molecule has 0 aromatic heterocycles. The predicted molar refractivity (Wildman–Crippen MR) is 334 cm³/mol. The van der Waals surface area contributed by atoms with Crippen molar-refractivity contribution in [3.05, 3.63) is 209 Å². The van der Waals surface area contributed by atoms with E-state index in [-0.39, 0.29) is 16.6 Å². The summed E-state index contributed by atoms with van der Waals surface area (Å²) in [6.45, 7) is 16.7. The Balaban J connectivity index is 1.14. The largest absolute Gasteiger partial charge is 0.344 e. The smallest absolute Gasteiger partial charge is 0.264 e. The van der Waals surface area contributed by atoms with Crippen molar-refractivity contribution in [2.24, 2.45) is 0 Å². The molecule has 0 fully saturated rings. The monoisotopic (exact) mass is 1070 g/mol. The van der Waals surface area contributed by atoms with Crippen LogP contribution < -0.4 is 9.80 Å². The Bertz CT molecular complexity index is 3820. The number of allylic oxidation sites excluding steroid dienone is 10. The van der Waals surface area contributed by atoms with Crippen LogP contribution in [0.2, 0.25) is 0 Å². The topological polar surface area (TPSA) is 63.9 Å². The zero-order valence-corrected chi connectivity index (χ0v) is 48.1. The van der Waals surface area contributed by atoms with Crippen LogP contribution in [0.4, 0.5) is 17.1 Å². The second-order valence-electron chi connectivity index (χ2n) is 23.0. The molecule has 0 saturated carbocycles. The summed E-state index contributed by atoms with van der Waals surface area (Å²) in [6, 6.07) is 48.9. The van der Waals surface area contributed by atoms with Gasteiger partial charge in [0.2, 0.25) is 5.69 Å². The summed E-state index contributed by atoms with van der Waals surface area (Å²) in [4.78, 5) is 5.01. The maximum Gasteiger partial charge on any atom is 0.264 e. The highest BCUT2D eigenvalue weighted by molar-refractivity contribution is 7.85. The molecule has 0 atom stereocenters. The molecular formula is C68H72N3O3S3+. The molecule has 0 bridgehead atoms. The van der Waals surface area contributed by atoms with Crippen LogP contribution >= 0.6 is 25.3 Å². The van der Waals surface area contributed by atoms with Crippen LogP contribution in [-0.4, -0.2) is 60.2 Å². The Hall–Kier alpha value is -6.10. The molecule has 394 valence electrons. The zero-order valence-electron chi connectivity index (χ0n) is 45.5. The third-order valence-corrected chi connectivity index (χ3v) is 18.5. The third-order valence-electron chi connectivity index (χ3n) is 17.1. The molecule has 0 radical (unpaired) electrons. The number of rotatable bonds is 17. The fraction of sp³-hybridized carbons (Fsp3) is 0.309. The van der Waals surface area contributed by atoms with Gasteiger partial charge in [0, 0.05) is 70.8 Å². The highest BCUT2D eigenvalue weighted by Crippen LogP contribution is 2.55. The maximum atomic E-state index is 11.9. The summed E-state index contributed by atoms with van der Waals surface area (Å²) in [6.07, 6.45) is 17.2. The van der Waals surface area contributed by atoms with E-state index in [1.165, 1.54) is 94.1 Å². The van der Waals surface area contributed by atoms with Crippen molar-refractivity contribution in [2.45, 2.75) is 96.3 Å². The summed E-state index contributed by atoms with van der Waals surface area (Å²) in [5.41, 5.74) is 16.3. The Morgan fingerprint density at radius 1 is 0.519 bits per heavy atom. The molecule has 1 N–H and O–H groups in total. The molecule has 6 nitrogen and oxygen atoms in total. The van der Waals surface area contributed by atoms with E-state index in [0.717, 1.165) is 67.2 Å². The van der Waals surface area contributed by atoms with Crippen molar-refractivity contribution in [1.29, 1.82) is 0 Å². The third kappa shape index (κ3) is 9.43. The van der Waals surface area contributed by atoms with Crippen LogP contribution in [0.5, 0.6) is 0 Å². The van der Waals surface area contributed by atoms with Gasteiger partial charge < -0.3 is 9.80 Å². The lowest BCUT2D eigenvalue weighted by atomic mass is 9.78. The first-order chi connectivity index (χ1) is 37.1. The van der Waals surface area contributed by atoms with E-state index >= 15 is 0 Å². The van der Waals surface area contributed by atoms with Gasteiger partial charge >= 0.3 is 0 Å². The quantitative estimate of drug-likeness (QED) is 0.0367. The SMILES string of the molecule is CC1(C)C(/C=C/C2=C(/C=C3/N(CCCCS)c4ccc5ccccc5c4C3(C)C)C(=C/C=C3/N(CCCCS(=O)(=O)O)c4ccc5ccccc5c4C3(C)C)/c3ccccc32)=[N+](CCCCS)c2ccc3ccccc3c21. The van der Waals surface area contributed by atoms with Gasteiger partial charge in [-0.25, -0.2) is 0 Å². The Labute approximate surface area is 467 Å². The molecule has 0 amide bonds. The second kappa shape index (κ2) is 20.9. The van der Waals surface area contributed by atoms with E-state index < -0.39 is 15.5 Å². The van der Waals surface area contributed by atoms with E-state index in [4.69, 9.17) is 0 Å². The lowest BCUT2D eigenvalue weighted by Crippen LogP contribution is -2.28. The standard InChI is InChI=1S/C68H71N3O3S3/c1-66(2)60(69(39-15-18-42-75)57-34-29-46-21-7-10-24-49(46)63(57)66)37-32-54-52-27-13-14-28-53(52)55(56(54)45-62-68(5,6)65-51-26-12-9-23-48(51)31-36-59(65)71(62)40-16-19-43-76)33-38-61-67(3,4)64-50-25-11-8-22-47(50)30-35-58(64)70(61)41-17-20-44-77(72,73)74/h7-14,21-38,45H,15-20,39-44H2,1-6H3,(H2-,72,73,74,75,76)/p+1. The highest BCUT2D eigenvalue weighted by atomic mass is 32.2. The van der Waals surface area contributed by atoms with Gasteiger partial charge in [0.1, 0.15) is 6.54 Å². The van der Waals surface area contributed by atoms with Gasteiger partial charge in [0.05, 0.1) is 11.2 Å². The Kier molecular flexibility index (Phi) is 14.4. The molecule has 7 aromatic carbocycles. The van der Waals surface area contributed by atoms with Gasteiger partial charge in [-0.2, -0.15) is 38.3 Å². The first kappa shape index (κ1) is 52.9. The van der Waals surface area contributed by atoms with Gasteiger partial charge in [0.25, 0.3) is 10.1 Å². The number of unbranched alkanes of at least 4 members (excludes halogenated alkanes) is 3. The summed E-state index contributed by atoms with van der Waals surface area (Å²) < 4.78 is 36.2. The van der Waals surface area contributed by atoms with E-state index in [0.29, 0.717) is 19.4 Å². The molecule has 3 heterocycles. The Morgan fingerprint density at radius 2 is 1.03 bits per heavy atom. The van der Waals surface area contributed by atoms with Crippen LogP contribution in [0, 0.1) is 0 Å². The first-order valence-electron chi connectivity index (χ1n) is 27.7. The Morgan fingerprint density at radius 3 is 1.62 bits per heavy atom. The number of anilines is 2. The number of fused-ring (bicyclic) bond motifs is 10. The van der Waals surface area contributed by atoms with E-state index in [9.17, 15) is 13.0 Å². The van der Waals surface area contributed by atoms with Crippen LogP contribution in [0.15, 0.2) is 181 Å². The van der Waals surface area contributed by atoms with Crippen molar-refractivity contribution in [3.63, 3.8) is 0 Å². The molecule has 0 spiro atoms. The fourth-order valence-corrected chi connectivity index (χ4v) is 14.5. The van der Waals surface area contributed by atoms with E-state index in [1.54, 1.807) is 0 Å². The number of hydrogen-bond acceptors (Lipinski definition) is 6. The van der Waals surface area contributed by atoms with Crippen molar-refractivity contribution in [1.82, 2.24) is 0 Å². The number of nitrogens with zero attached hydrogens (tertiary/aromatic N) is 3. The van der Waals surface area contributed by atoms with Gasteiger partial charge in [-0.15, -0.1) is 0 Å². The first-order valence-corrected chi connectivity index (χ1v) is 30.5. The molecule has 9 heteroatoms. The summed E-state index contributed by atoms with van der Waals surface area (Å²) >= 11 is 9.32. The molecule has 3 aliphatic heterocycles. The van der Waals surface area contributed by atoms with Crippen LogP contribution in [-0.2, 0) is 26.4 Å². The molecule has 11 rings (SSSR count). The zero-order chi connectivity index (χ0) is 53.9. The summed E-state index contributed by atoms with van der Waals surface area (Å²) in [7, 11) is -4.09. The highest BCUT2D eigenvalue weighted by Gasteiger charge is 2.47. The maximum absolute atomic E-state index is 11.9. The van der Waals surface area contributed by atoms with E-state index in [1.807, 2.05) is 0 Å². The molecule has 1 aliphatic carbocycles. The number of benzene rings is 7. The van der Waals surface area contributed by atoms with Crippen molar-refractivity contribution < 1.29 is 17.5 Å². The van der Waals surface area contributed by atoms with Crippen molar-refractivity contribution >= 4 is 102 Å². The van der Waals surface area contributed by atoms with Crippen LogP contribution in [0.25, 0.3) is 43.5 Å². The minimum Gasteiger partial charge on any atom is -0.344 e. The molecule has 77 heavy (non-hydrogen) atoms. The summed E-state index contributed by atoms with van der Waals surface area (Å²) in [5, 5.41) is 7.51. The number of hydrogen-bond donors (Lipinski definition) is 3. The number of thiol groups is 2. The van der Waals surface area contributed by atoms with Gasteiger partial charge in [0.15, 0.2) is 5.71 Å². The van der Waals surface area contributed by atoms with E-state index in [2.05, 4.69) is 245 Å². The average Bonchev–Trinajstić information content (AvgIpc) is 4.11. The normalized spacial score (nSPS) is 18.8.